The second kappa shape index (κ2) is 9.60. The molecule has 2 aromatic carbocycles. The molecule has 1 fully saturated rings. The highest BCUT2D eigenvalue weighted by Gasteiger charge is 2.56. The maximum Gasteiger partial charge on any atom is 0.417 e. The van der Waals surface area contributed by atoms with Crippen LogP contribution in [0.1, 0.15) is 38.3 Å². The molecular weight excluding hydrogens is 394 g/mol. The summed E-state index contributed by atoms with van der Waals surface area (Å²) in [5.74, 6) is -1.73. The highest BCUT2D eigenvalue weighted by Crippen LogP contribution is 2.33. The van der Waals surface area contributed by atoms with Gasteiger partial charge in [-0.15, -0.1) is 0 Å². The lowest BCUT2D eigenvalue weighted by Crippen LogP contribution is -2.67. The van der Waals surface area contributed by atoms with Gasteiger partial charge in [0.1, 0.15) is 12.2 Å². The van der Waals surface area contributed by atoms with Crippen molar-refractivity contribution >= 4 is 24.0 Å². The van der Waals surface area contributed by atoms with E-state index in [1.54, 1.807) is 20.8 Å². The monoisotopic (exact) mass is 421 g/mol. The van der Waals surface area contributed by atoms with E-state index in [-0.39, 0.29) is 6.61 Å². The van der Waals surface area contributed by atoms with Gasteiger partial charge in [0, 0.05) is 0 Å². The third-order valence-electron chi connectivity index (χ3n) is 4.77. The summed E-state index contributed by atoms with van der Waals surface area (Å²) >= 11 is 0. The topological polar surface area (TPSA) is 72.9 Å². The molecule has 6 nitrogen and oxygen atoms in total. The molecule has 1 aliphatic rings. The van der Waals surface area contributed by atoms with Crippen molar-refractivity contribution in [2.24, 2.45) is 5.92 Å². The molecule has 1 heterocycles. The number of likely N-dealkylation sites (tertiary alicyclic amines) is 1. The lowest BCUT2D eigenvalue weighted by Gasteiger charge is -2.43. The molecule has 0 spiro atoms. The number of amides is 2. The average molecular weight is 421 g/mol. The highest BCUT2D eigenvalue weighted by molar-refractivity contribution is 6.06. The molecule has 162 valence electrons. The van der Waals surface area contributed by atoms with Crippen molar-refractivity contribution in [3.05, 3.63) is 77.9 Å². The van der Waals surface area contributed by atoms with E-state index in [2.05, 4.69) is 0 Å². The van der Waals surface area contributed by atoms with E-state index in [1.807, 2.05) is 72.8 Å². The Morgan fingerprint density at radius 2 is 1.61 bits per heavy atom. The van der Waals surface area contributed by atoms with Crippen molar-refractivity contribution in [2.45, 2.75) is 45.4 Å². The number of carbonyl (C=O) groups is 3. The van der Waals surface area contributed by atoms with Gasteiger partial charge in [-0.1, -0.05) is 72.8 Å². The van der Waals surface area contributed by atoms with E-state index in [1.165, 1.54) is 0 Å². The second-order valence-electron chi connectivity index (χ2n) is 8.38. The molecule has 0 aromatic heterocycles. The normalized spacial score (nSPS) is 18.5. The summed E-state index contributed by atoms with van der Waals surface area (Å²) in [6.07, 6.45) is 3.21. The van der Waals surface area contributed by atoms with Gasteiger partial charge in [-0.05, 0) is 38.3 Å². The summed E-state index contributed by atoms with van der Waals surface area (Å²) in [7, 11) is 0. The van der Waals surface area contributed by atoms with Crippen LogP contribution < -0.4 is 0 Å². The molecule has 0 unspecified atom stereocenters. The number of esters is 1. The van der Waals surface area contributed by atoms with Gasteiger partial charge in [-0.25, -0.2) is 14.5 Å². The zero-order valence-corrected chi connectivity index (χ0v) is 18.0. The van der Waals surface area contributed by atoms with Crippen LogP contribution in [0.4, 0.5) is 4.79 Å². The lowest BCUT2D eigenvalue weighted by atomic mass is 9.84. The van der Waals surface area contributed by atoms with Crippen molar-refractivity contribution in [2.75, 3.05) is 0 Å². The SMILES string of the molecule is CC(C)(C)OC(=O)N1C(=O)[C@H](CC=Cc2ccccc2)[C@H]1C(=O)OCc1ccccc1. The van der Waals surface area contributed by atoms with E-state index < -0.39 is 35.5 Å². The molecule has 2 aromatic rings. The van der Waals surface area contributed by atoms with Crippen molar-refractivity contribution < 1.29 is 23.9 Å². The lowest BCUT2D eigenvalue weighted by molar-refractivity contribution is -0.173. The van der Waals surface area contributed by atoms with Crippen LogP contribution in [-0.4, -0.2) is 34.5 Å². The Bertz CT molecular complexity index is 947. The Morgan fingerprint density at radius 1 is 1.00 bits per heavy atom. The summed E-state index contributed by atoms with van der Waals surface area (Å²) in [6.45, 7) is 5.19. The summed E-state index contributed by atoms with van der Waals surface area (Å²) in [5.41, 5.74) is 1.03. The van der Waals surface area contributed by atoms with E-state index in [4.69, 9.17) is 9.47 Å². The first-order valence-corrected chi connectivity index (χ1v) is 10.2. The number of benzene rings is 2. The third kappa shape index (κ3) is 5.81. The zero-order chi connectivity index (χ0) is 22.4. The fraction of sp³-hybridized carbons (Fsp3) is 0.320. The Balaban J connectivity index is 1.71. The van der Waals surface area contributed by atoms with Gasteiger partial charge in [-0.3, -0.25) is 4.79 Å². The van der Waals surface area contributed by atoms with Gasteiger partial charge in [0.25, 0.3) is 0 Å². The van der Waals surface area contributed by atoms with Crippen LogP contribution in [0.3, 0.4) is 0 Å². The van der Waals surface area contributed by atoms with Gasteiger partial charge in [-0.2, -0.15) is 0 Å². The number of allylic oxidation sites excluding steroid dienone is 1. The first-order valence-electron chi connectivity index (χ1n) is 10.2. The van der Waals surface area contributed by atoms with E-state index in [0.717, 1.165) is 16.0 Å². The second-order valence-corrected chi connectivity index (χ2v) is 8.38. The summed E-state index contributed by atoms with van der Waals surface area (Å²) < 4.78 is 10.7. The highest BCUT2D eigenvalue weighted by atomic mass is 16.6. The number of ether oxygens (including phenoxy) is 2. The molecule has 6 heteroatoms. The standard InChI is InChI=1S/C25H27NO5/c1-25(2,3)31-24(29)26-21(23(28)30-17-19-13-8-5-9-14-19)20(22(26)27)16-10-15-18-11-6-4-7-12-18/h4-15,20-21H,16-17H2,1-3H3/t20-,21+/m1/s1. The van der Waals surface area contributed by atoms with Crippen molar-refractivity contribution in [3.63, 3.8) is 0 Å². The summed E-state index contributed by atoms with van der Waals surface area (Å²) in [4.78, 5) is 38.9. The average Bonchev–Trinajstić information content (AvgIpc) is 2.73. The number of hydrogen-bond donors (Lipinski definition) is 0. The summed E-state index contributed by atoms with van der Waals surface area (Å²) in [6, 6.07) is 17.9. The number of nitrogens with zero attached hydrogens (tertiary/aromatic N) is 1. The molecule has 31 heavy (non-hydrogen) atoms. The van der Waals surface area contributed by atoms with Crippen LogP contribution in [0, 0.1) is 5.92 Å². The first-order chi connectivity index (χ1) is 14.8. The van der Waals surface area contributed by atoms with Crippen LogP contribution >= 0.6 is 0 Å². The molecule has 0 N–H and O–H groups in total. The fourth-order valence-electron chi connectivity index (χ4n) is 3.29. The van der Waals surface area contributed by atoms with Crippen LogP contribution in [0.15, 0.2) is 66.7 Å². The predicted octanol–water partition coefficient (Wildman–Crippen LogP) is 4.60. The Hall–Kier alpha value is -3.41. The molecule has 2 atom stereocenters. The maximum absolute atomic E-state index is 12.8. The molecule has 0 aliphatic carbocycles. The number of carbonyl (C=O) groups excluding carboxylic acids is 3. The minimum atomic E-state index is -1.01. The van der Waals surface area contributed by atoms with E-state index in [0.29, 0.717) is 6.42 Å². The van der Waals surface area contributed by atoms with Gasteiger partial charge in [0.05, 0.1) is 5.92 Å². The van der Waals surface area contributed by atoms with Crippen LogP contribution in [-0.2, 0) is 25.7 Å². The molecule has 2 amide bonds. The van der Waals surface area contributed by atoms with Crippen LogP contribution in [0.2, 0.25) is 0 Å². The minimum Gasteiger partial charge on any atom is -0.459 e. The zero-order valence-electron chi connectivity index (χ0n) is 18.0. The van der Waals surface area contributed by atoms with Gasteiger partial charge in [0.2, 0.25) is 5.91 Å². The molecule has 3 rings (SSSR count). The van der Waals surface area contributed by atoms with Gasteiger partial charge < -0.3 is 9.47 Å². The van der Waals surface area contributed by atoms with E-state index >= 15 is 0 Å². The first kappa shape index (κ1) is 22.3. The Labute approximate surface area is 182 Å². The van der Waals surface area contributed by atoms with Gasteiger partial charge >= 0.3 is 12.1 Å². The smallest absolute Gasteiger partial charge is 0.417 e. The molecule has 0 radical (unpaired) electrons. The van der Waals surface area contributed by atoms with Crippen molar-refractivity contribution in [1.29, 1.82) is 0 Å². The fourth-order valence-corrected chi connectivity index (χ4v) is 3.29. The molecule has 1 saturated heterocycles. The number of hydrogen-bond acceptors (Lipinski definition) is 5. The maximum atomic E-state index is 12.8. The molecule has 0 bridgehead atoms. The predicted molar refractivity (Wildman–Crippen MR) is 117 cm³/mol. The number of rotatable bonds is 6. The Kier molecular flexibility index (Phi) is 6.90. The largest absolute Gasteiger partial charge is 0.459 e. The minimum absolute atomic E-state index is 0.0685. The summed E-state index contributed by atoms with van der Waals surface area (Å²) in [5, 5.41) is 0. The van der Waals surface area contributed by atoms with Crippen LogP contribution in [0.5, 0.6) is 0 Å². The molecular formula is C25H27NO5. The number of β-lactam (4-membered cyclic amide) rings is 1. The van der Waals surface area contributed by atoms with Crippen LogP contribution in [0.25, 0.3) is 6.08 Å². The Morgan fingerprint density at radius 3 is 2.23 bits per heavy atom. The van der Waals surface area contributed by atoms with Gasteiger partial charge in [0.15, 0.2) is 6.04 Å². The van der Waals surface area contributed by atoms with E-state index in [9.17, 15) is 14.4 Å². The number of imide groups is 1. The molecule has 1 aliphatic heterocycles. The van der Waals surface area contributed by atoms with Crippen molar-refractivity contribution in [3.8, 4) is 0 Å². The quantitative estimate of drug-likeness (QED) is 0.504. The third-order valence-corrected chi connectivity index (χ3v) is 4.77. The van der Waals surface area contributed by atoms with Crippen molar-refractivity contribution in [1.82, 2.24) is 4.90 Å². The molecule has 0 saturated carbocycles.